The summed E-state index contributed by atoms with van der Waals surface area (Å²) in [6, 6.07) is 0. The topological polar surface area (TPSA) is 87.7 Å². The SMILES string of the molecule is CCCCCCCC/C=C\CCCCCCCC(=O)NCCOC(=O)CNCCO. The second-order valence-electron chi connectivity index (χ2n) is 7.81. The van der Waals surface area contributed by atoms with Crippen molar-refractivity contribution in [2.75, 3.05) is 32.8 Å². The van der Waals surface area contributed by atoms with E-state index in [1.54, 1.807) is 0 Å². The fourth-order valence-electron chi connectivity index (χ4n) is 3.12. The first kappa shape index (κ1) is 28.6. The van der Waals surface area contributed by atoms with E-state index < -0.39 is 0 Å². The summed E-state index contributed by atoms with van der Waals surface area (Å²) in [7, 11) is 0. The summed E-state index contributed by atoms with van der Waals surface area (Å²) >= 11 is 0. The molecule has 30 heavy (non-hydrogen) atoms. The Labute approximate surface area is 184 Å². The predicted octanol–water partition coefficient (Wildman–Crippen LogP) is 4.27. The van der Waals surface area contributed by atoms with Gasteiger partial charge in [-0.2, -0.15) is 0 Å². The van der Waals surface area contributed by atoms with Gasteiger partial charge in [-0.3, -0.25) is 9.59 Å². The largest absolute Gasteiger partial charge is 0.463 e. The van der Waals surface area contributed by atoms with Gasteiger partial charge in [-0.15, -0.1) is 0 Å². The monoisotopic (exact) mass is 426 g/mol. The molecule has 0 bridgehead atoms. The third-order valence-electron chi connectivity index (χ3n) is 4.91. The lowest BCUT2D eigenvalue weighted by Crippen LogP contribution is -2.31. The van der Waals surface area contributed by atoms with Crippen molar-refractivity contribution in [1.29, 1.82) is 0 Å². The highest BCUT2D eigenvalue weighted by Gasteiger charge is 2.03. The number of hydrogen-bond acceptors (Lipinski definition) is 5. The maximum absolute atomic E-state index is 11.7. The first-order valence-electron chi connectivity index (χ1n) is 12.1. The summed E-state index contributed by atoms with van der Waals surface area (Å²) in [6.07, 6.45) is 21.4. The van der Waals surface area contributed by atoms with Crippen molar-refractivity contribution in [3.05, 3.63) is 12.2 Å². The number of allylic oxidation sites excluding steroid dienone is 2. The zero-order chi connectivity index (χ0) is 22.1. The number of ether oxygens (including phenoxy) is 1. The number of aliphatic hydroxyl groups is 1. The molecule has 0 saturated carbocycles. The normalized spacial score (nSPS) is 11.1. The van der Waals surface area contributed by atoms with Gasteiger partial charge in [0.2, 0.25) is 5.91 Å². The van der Waals surface area contributed by atoms with Gasteiger partial charge in [0, 0.05) is 13.0 Å². The quantitative estimate of drug-likeness (QED) is 0.137. The Morgan fingerprint density at radius 1 is 0.833 bits per heavy atom. The number of rotatable bonds is 22. The lowest BCUT2D eigenvalue weighted by atomic mass is 10.1. The summed E-state index contributed by atoms with van der Waals surface area (Å²) in [5.74, 6) is -0.364. The Bertz CT molecular complexity index is 427. The third-order valence-corrected chi connectivity index (χ3v) is 4.91. The molecule has 0 aromatic carbocycles. The maximum Gasteiger partial charge on any atom is 0.319 e. The maximum atomic E-state index is 11.7. The number of nitrogens with one attached hydrogen (secondary N) is 2. The molecule has 0 radical (unpaired) electrons. The van der Waals surface area contributed by atoms with E-state index in [0.29, 0.717) is 19.5 Å². The summed E-state index contributed by atoms with van der Waals surface area (Å²) in [4.78, 5) is 23.0. The minimum atomic E-state index is -0.380. The lowest BCUT2D eigenvalue weighted by Gasteiger charge is -2.07. The Balaban J connectivity index is 3.29. The van der Waals surface area contributed by atoms with Crippen molar-refractivity contribution in [3.8, 4) is 0 Å². The fraction of sp³-hybridized carbons (Fsp3) is 0.833. The molecule has 1 amide bonds. The van der Waals surface area contributed by atoms with E-state index >= 15 is 0 Å². The summed E-state index contributed by atoms with van der Waals surface area (Å²) in [5, 5.41) is 14.1. The van der Waals surface area contributed by atoms with Crippen LogP contribution < -0.4 is 10.6 Å². The van der Waals surface area contributed by atoms with Crippen molar-refractivity contribution in [2.45, 2.75) is 96.8 Å². The number of carbonyl (C=O) groups excluding carboxylic acids is 2. The molecule has 0 aliphatic heterocycles. The van der Waals surface area contributed by atoms with Crippen LogP contribution >= 0.6 is 0 Å². The zero-order valence-corrected chi connectivity index (χ0v) is 19.3. The highest BCUT2D eigenvalue weighted by molar-refractivity contribution is 5.75. The standard InChI is InChI=1S/C24H46N2O4/c1-2-3-4-5-6-7-8-9-10-11-12-13-14-15-16-17-23(28)26-19-21-30-24(29)22-25-18-20-27/h9-10,25,27H,2-8,11-22H2,1H3,(H,26,28)/b10-9-. The van der Waals surface area contributed by atoms with Crippen molar-refractivity contribution >= 4 is 11.9 Å². The molecule has 0 aliphatic carbocycles. The Morgan fingerprint density at radius 3 is 2.07 bits per heavy atom. The Morgan fingerprint density at radius 2 is 1.43 bits per heavy atom. The van der Waals surface area contributed by atoms with Crippen molar-refractivity contribution in [2.24, 2.45) is 0 Å². The molecule has 176 valence electrons. The highest BCUT2D eigenvalue weighted by atomic mass is 16.5. The van der Waals surface area contributed by atoms with Crippen molar-refractivity contribution in [3.63, 3.8) is 0 Å². The summed E-state index contributed by atoms with van der Waals surface area (Å²) in [5.41, 5.74) is 0. The molecule has 0 aromatic rings. The lowest BCUT2D eigenvalue weighted by molar-refractivity contribution is -0.142. The van der Waals surface area contributed by atoms with E-state index in [1.165, 1.54) is 70.6 Å². The molecule has 0 saturated heterocycles. The first-order valence-corrected chi connectivity index (χ1v) is 12.1. The number of hydrogen-bond donors (Lipinski definition) is 3. The zero-order valence-electron chi connectivity index (χ0n) is 19.3. The average molecular weight is 427 g/mol. The van der Waals surface area contributed by atoms with Crippen molar-refractivity contribution in [1.82, 2.24) is 10.6 Å². The molecule has 0 unspecified atom stereocenters. The predicted molar refractivity (Wildman–Crippen MR) is 123 cm³/mol. The second kappa shape index (κ2) is 23.9. The van der Waals surface area contributed by atoms with Crippen LogP contribution in [0.5, 0.6) is 0 Å². The van der Waals surface area contributed by atoms with Gasteiger partial charge >= 0.3 is 5.97 Å². The van der Waals surface area contributed by atoms with Gasteiger partial charge in [0.15, 0.2) is 0 Å². The van der Waals surface area contributed by atoms with Gasteiger partial charge in [-0.25, -0.2) is 0 Å². The molecule has 0 aliphatic rings. The number of carbonyl (C=O) groups is 2. The van der Waals surface area contributed by atoms with Crippen LogP contribution in [0.25, 0.3) is 0 Å². The summed E-state index contributed by atoms with van der Waals surface area (Å²) in [6.45, 7) is 3.20. The molecule has 6 nitrogen and oxygen atoms in total. The molecular weight excluding hydrogens is 380 g/mol. The van der Waals surface area contributed by atoms with E-state index in [1.807, 2.05) is 0 Å². The van der Waals surface area contributed by atoms with Crippen LogP contribution in [0.3, 0.4) is 0 Å². The van der Waals surface area contributed by atoms with Crippen LogP contribution in [0.2, 0.25) is 0 Å². The van der Waals surface area contributed by atoms with E-state index in [-0.39, 0.29) is 31.6 Å². The van der Waals surface area contributed by atoms with Crippen LogP contribution in [0, 0.1) is 0 Å². The molecule has 3 N–H and O–H groups in total. The third kappa shape index (κ3) is 22.9. The molecule has 0 heterocycles. The number of unbranched alkanes of at least 4 members (excludes halogenated alkanes) is 11. The minimum Gasteiger partial charge on any atom is -0.463 e. The average Bonchev–Trinajstić information content (AvgIpc) is 2.74. The molecule has 0 aromatic heterocycles. The van der Waals surface area contributed by atoms with E-state index in [2.05, 4.69) is 29.7 Å². The molecule has 0 rings (SSSR count). The van der Waals surface area contributed by atoms with Crippen LogP contribution in [0.1, 0.15) is 96.8 Å². The summed E-state index contributed by atoms with van der Waals surface area (Å²) < 4.78 is 4.97. The number of esters is 1. The Hall–Kier alpha value is -1.40. The molecular formula is C24H46N2O4. The van der Waals surface area contributed by atoms with Crippen LogP contribution in [-0.4, -0.2) is 49.8 Å². The van der Waals surface area contributed by atoms with Gasteiger partial charge in [0.1, 0.15) is 6.61 Å². The van der Waals surface area contributed by atoms with Gasteiger partial charge in [-0.1, -0.05) is 70.4 Å². The molecule has 0 fully saturated rings. The van der Waals surface area contributed by atoms with Crippen LogP contribution in [-0.2, 0) is 14.3 Å². The van der Waals surface area contributed by atoms with Crippen molar-refractivity contribution < 1.29 is 19.4 Å². The highest BCUT2D eigenvalue weighted by Crippen LogP contribution is 2.09. The van der Waals surface area contributed by atoms with E-state index in [9.17, 15) is 9.59 Å². The van der Waals surface area contributed by atoms with E-state index in [0.717, 1.165) is 12.8 Å². The van der Waals surface area contributed by atoms with E-state index in [4.69, 9.17) is 9.84 Å². The second-order valence-corrected chi connectivity index (χ2v) is 7.81. The smallest absolute Gasteiger partial charge is 0.319 e. The molecule has 6 heteroatoms. The first-order chi connectivity index (χ1) is 14.7. The fourth-order valence-corrected chi connectivity index (χ4v) is 3.12. The number of amides is 1. The van der Waals surface area contributed by atoms with Gasteiger partial charge in [-0.05, 0) is 32.1 Å². The Kier molecular flexibility index (Phi) is 22.8. The molecule has 0 atom stereocenters. The van der Waals surface area contributed by atoms with Gasteiger partial charge in [0.25, 0.3) is 0 Å². The minimum absolute atomic E-state index is 0.0142. The number of aliphatic hydroxyl groups excluding tert-OH is 1. The van der Waals surface area contributed by atoms with Crippen LogP contribution in [0.15, 0.2) is 12.2 Å². The van der Waals surface area contributed by atoms with Crippen LogP contribution in [0.4, 0.5) is 0 Å². The van der Waals surface area contributed by atoms with Gasteiger partial charge < -0.3 is 20.5 Å². The molecule has 0 spiro atoms. The van der Waals surface area contributed by atoms with Gasteiger partial charge in [0.05, 0.1) is 19.7 Å².